The van der Waals surface area contributed by atoms with Crippen LogP contribution in [0.1, 0.15) is 48.1 Å². The van der Waals surface area contributed by atoms with Crippen LogP contribution in [0.15, 0.2) is 0 Å². The van der Waals surface area contributed by atoms with Gasteiger partial charge in [-0.2, -0.15) is 5.26 Å². The molecule has 24 heavy (non-hydrogen) atoms. The summed E-state index contributed by atoms with van der Waals surface area (Å²) in [7, 11) is 0. The van der Waals surface area contributed by atoms with Gasteiger partial charge in [-0.15, -0.1) is 11.3 Å². The zero-order valence-corrected chi connectivity index (χ0v) is 14.1. The largest absolute Gasteiger partial charge is 0.373 e. The lowest BCUT2D eigenvalue weighted by Gasteiger charge is -2.16. The van der Waals surface area contributed by atoms with Crippen molar-refractivity contribution in [3.63, 3.8) is 0 Å². The quantitative estimate of drug-likeness (QED) is 0.581. The highest BCUT2D eigenvalue weighted by Crippen LogP contribution is 2.51. The topological polar surface area (TPSA) is 70.4 Å². The van der Waals surface area contributed by atoms with E-state index in [0.29, 0.717) is 10.6 Å². The lowest BCUT2D eigenvalue weighted by atomic mass is 9.81. The maximum absolute atomic E-state index is 13.0. The number of nitriles is 1. The van der Waals surface area contributed by atoms with Crippen molar-refractivity contribution >= 4 is 28.2 Å². The Kier molecular flexibility index (Phi) is 3.13. The van der Waals surface area contributed by atoms with E-state index in [1.165, 1.54) is 27.5 Å². The van der Waals surface area contributed by atoms with Crippen LogP contribution < -0.4 is 4.90 Å². The number of fused-ring (bicyclic) bond motifs is 6. The second-order valence-electron chi connectivity index (χ2n) is 7.21. The van der Waals surface area contributed by atoms with Crippen LogP contribution in [0.5, 0.6) is 0 Å². The highest BCUT2D eigenvalue weighted by molar-refractivity contribution is 7.17. The number of anilines is 1. The summed E-state index contributed by atoms with van der Waals surface area (Å²) >= 11 is 1.49. The lowest BCUT2D eigenvalue weighted by molar-refractivity contribution is -0.124. The number of hydrogen-bond acceptors (Lipinski definition) is 5. The summed E-state index contributed by atoms with van der Waals surface area (Å²) in [5.41, 5.74) is 1.64. The van der Waals surface area contributed by atoms with Crippen LogP contribution >= 0.6 is 11.3 Å². The molecular formula is C18H18N2O3S. The average Bonchev–Trinajstić information content (AvgIpc) is 3.28. The molecule has 6 heteroatoms. The smallest absolute Gasteiger partial charge is 0.241 e. The van der Waals surface area contributed by atoms with E-state index < -0.39 is 0 Å². The Bertz CT molecular complexity index is 765. The van der Waals surface area contributed by atoms with Gasteiger partial charge < -0.3 is 4.74 Å². The van der Waals surface area contributed by atoms with Crippen molar-refractivity contribution in [3.8, 4) is 6.07 Å². The Labute approximate surface area is 144 Å². The van der Waals surface area contributed by atoms with Gasteiger partial charge in [0.1, 0.15) is 11.1 Å². The first-order valence-corrected chi connectivity index (χ1v) is 9.60. The van der Waals surface area contributed by atoms with E-state index in [-0.39, 0.29) is 35.9 Å². The summed E-state index contributed by atoms with van der Waals surface area (Å²) in [5.74, 6) is -0.954. The summed E-state index contributed by atoms with van der Waals surface area (Å²) in [6.45, 7) is 0. The Morgan fingerprint density at radius 1 is 1.04 bits per heavy atom. The van der Waals surface area contributed by atoms with Crippen LogP contribution in [-0.4, -0.2) is 24.0 Å². The number of carbonyl (C=O) groups excluding carboxylic acids is 2. The van der Waals surface area contributed by atoms with Gasteiger partial charge in [-0.05, 0) is 44.1 Å². The highest BCUT2D eigenvalue weighted by Gasteiger charge is 2.63. The standard InChI is InChI=1S/C18H18N2O3S/c19-8-10-9-4-2-1-3-5-13(9)24-18(10)20-16(21)14-11-6-7-12(23-11)15(14)17(20)22/h11-12,14-15H,1-7H2/t11-,12-,14+,15+/m1/s1. The van der Waals surface area contributed by atoms with Gasteiger partial charge in [0, 0.05) is 4.88 Å². The van der Waals surface area contributed by atoms with Gasteiger partial charge in [0.15, 0.2) is 0 Å². The van der Waals surface area contributed by atoms with Gasteiger partial charge in [0.25, 0.3) is 0 Å². The second kappa shape index (κ2) is 5.14. The monoisotopic (exact) mass is 342 g/mol. The third-order valence-corrected chi connectivity index (χ3v) is 7.28. The van der Waals surface area contributed by atoms with Crippen molar-refractivity contribution in [3.05, 3.63) is 16.0 Å². The summed E-state index contributed by atoms with van der Waals surface area (Å²) in [5, 5.41) is 10.3. The van der Waals surface area contributed by atoms with E-state index in [9.17, 15) is 14.9 Å². The molecular weight excluding hydrogens is 324 g/mol. The van der Waals surface area contributed by atoms with Gasteiger partial charge in [0.2, 0.25) is 11.8 Å². The predicted octanol–water partition coefficient (Wildman–Crippen LogP) is 2.56. The SMILES string of the molecule is N#Cc1c(N2C(=O)[C@@H]3[C@@H](C2=O)[C@H]2CC[C@H]3O2)sc2c1CCCCC2. The Balaban J connectivity index is 1.59. The zero-order chi connectivity index (χ0) is 16.4. The number of imide groups is 1. The van der Waals surface area contributed by atoms with Gasteiger partial charge >= 0.3 is 0 Å². The molecule has 0 N–H and O–H groups in total. The number of aryl methyl sites for hydroxylation is 1. The minimum atomic E-state index is -0.329. The number of ether oxygens (including phenoxy) is 1. The zero-order valence-electron chi connectivity index (χ0n) is 13.3. The third kappa shape index (κ3) is 1.77. The molecule has 2 bridgehead atoms. The fourth-order valence-corrected chi connectivity index (χ4v) is 6.26. The van der Waals surface area contributed by atoms with Gasteiger partial charge in [-0.1, -0.05) is 6.42 Å². The molecule has 5 nitrogen and oxygen atoms in total. The minimum Gasteiger partial charge on any atom is -0.373 e. The van der Waals surface area contributed by atoms with Crippen molar-refractivity contribution in [2.45, 2.75) is 57.2 Å². The number of carbonyl (C=O) groups is 2. The molecule has 1 aromatic heterocycles. The molecule has 3 aliphatic heterocycles. The summed E-state index contributed by atoms with van der Waals surface area (Å²) in [4.78, 5) is 28.4. The van der Waals surface area contributed by atoms with Gasteiger partial charge in [-0.3, -0.25) is 9.59 Å². The molecule has 0 aromatic carbocycles. The van der Waals surface area contributed by atoms with E-state index in [2.05, 4.69) is 6.07 Å². The highest BCUT2D eigenvalue weighted by atomic mass is 32.1. The molecule has 2 amide bonds. The molecule has 0 radical (unpaired) electrons. The summed E-state index contributed by atoms with van der Waals surface area (Å²) < 4.78 is 5.79. The lowest BCUT2D eigenvalue weighted by Crippen LogP contribution is -2.34. The maximum Gasteiger partial charge on any atom is 0.241 e. The second-order valence-corrected chi connectivity index (χ2v) is 8.29. The van der Waals surface area contributed by atoms with Crippen molar-refractivity contribution < 1.29 is 14.3 Å². The van der Waals surface area contributed by atoms with E-state index >= 15 is 0 Å². The molecule has 4 heterocycles. The number of thiophene rings is 1. The Morgan fingerprint density at radius 3 is 2.38 bits per heavy atom. The normalized spacial score (nSPS) is 34.2. The van der Waals surface area contributed by atoms with Crippen LogP contribution in [0.25, 0.3) is 0 Å². The first kappa shape index (κ1) is 14.6. The van der Waals surface area contributed by atoms with Crippen LogP contribution in [0, 0.1) is 23.2 Å². The molecule has 0 unspecified atom stereocenters. The fourth-order valence-electron chi connectivity index (χ4n) is 4.91. The molecule has 1 aliphatic carbocycles. The molecule has 3 fully saturated rings. The van der Waals surface area contributed by atoms with Crippen molar-refractivity contribution in [2.75, 3.05) is 4.90 Å². The summed E-state index contributed by atoms with van der Waals surface area (Å²) in [6.07, 6.45) is 6.71. The van der Waals surface area contributed by atoms with E-state index in [4.69, 9.17) is 4.74 Å². The van der Waals surface area contributed by atoms with E-state index in [1.807, 2.05) is 0 Å². The molecule has 3 saturated heterocycles. The molecule has 0 spiro atoms. The van der Waals surface area contributed by atoms with Crippen molar-refractivity contribution in [2.24, 2.45) is 11.8 Å². The molecule has 0 saturated carbocycles. The fraction of sp³-hybridized carbons (Fsp3) is 0.611. The molecule has 124 valence electrons. The Hall–Kier alpha value is -1.71. The van der Waals surface area contributed by atoms with Crippen LogP contribution in [0.2, 0.25) is 0 Å². The van der Waals surface area contributed by atoms with Crippen LogP contribution in [0.4, 0.5) is 5.00 Å². The van der Waals surface area contributed by atoms with Gasteiger partial charge in [-0.25, -0.2) is 4.90 Å². The molecule has 5 rings (SSSR count). The number of amides is 2. The number of nitrogens with zero attached hydrogens (tertiary/aromatic N) is 2. The van der Waals surface area contributed by atoms with Crippen LogP contribution in [0.3, 0.4) is 0 Å². The van der Waals surface area contributed by atoms with Gasteiger partial charge in [0.05, 0.1) is 29.6 Å². The number of hydrogen-bond donors (Lipinski definition) is 0. The maximum atomic E-state index is 13.0. The average molecular weight is 342 g/mol. The van der Waals surface area contributed by atoms with E-state index in [0.717, 1.165) is 44.1 Å². The van der Waals surface area contributed by atoms with E-state index in [1.54, 1.807) is 0 Å². The summed E-state index contributed by atoms with van der Waals surface area (Å²) in [6, 6.07) is 2.29. The molecule has 4 atom stereocenters. The van der Waals surface area contributed by atoms with Crippen molar-refractivity contribution in [1.82, 2.24) is 0 Å². The molecule has 1 aromatic rings. The van der Waals surface area contributed by atoms with Crippen molar-refractivity contribution in [1.29, 1.82) is 5.26 Å². The third-order valence-electron chi connectivity index (χ3n) is 6.00. The van der Waals surface area contributed by atoms with Crippen LogP contribution in [-0.2, 0) is 27.2 Å². The minimum absolute atomic E-state index is 0.107. The number of rotatable bonds is 1. The first-order chi connectivity index (χ1) is 11.7. The Morgan fingerprint density at radius 2 is 1.71 bits per heavy atom. The predicted molar refractivity (Wildman–Crippen MR) is 87.7 cm³/mol. The first-order valence-electron chi connectivity index (χ1n) is 8.78. The molecule has 4 aliphatic rings.